The molecule has 0 bridgehead atoms. The maximum atomic E-state index is 11.7. The normalized spacial score (nSPS) is 16.0. The van der Waals surface area contributed by atoms with E-state index in [-0.39, 0.29) is 5.63 Å². The molecule has 8 heteroatoms. The van der Waals surface area contributed by atoms with Gasteiger partial charge >= 0.3 is 5.63 Å². The van der Waals surface area contributed by atoms with Gasteiger partial charge in [0.1, 0.15) is 12.1 Å². The molecule has 5 rings (SSSR count). The second-order valence-corrected chi connectivity index (χ2v) is 8.38. The Bertz CT molecular complexity index is 1200. The number of rotatable bonds is 3. The molecule has 160 valence electrons. The van der Waals surface area contributed by atoms with E-state index in [0.717, 1.165) is 60.9 Å². The van der Waals surface area contributed by atoms with Crippen LogP contribution in [0.4, 0.5) is 5.69 Å². The zero-order chi connectivity index (χ0) is 21.4. The predicted molar refractivity (Wildman–Crippen MR) is 122 cm³/mol. The van der Waals surface area contributed by atoms with E-state index < -0.39 is 0 Å². The van der Waals surface area contributed by atoms with Crippen molar-refractivity contribution >= 4 is 34.0 Å². The molecule has 0 aliphatic carbocycles. The summed E-state index contributed by atoms with van der Waals surface area (Å²) in [6, 6.07) is 13.4. The van der Waals surface area contributed by atoms with Gasteiger partial charge in [-0.2, -0.15) is 0 Å². The largest absolute Gasteiger partial charge is 0.454 e. The fraction of sp³-hybridized carbons (Fsp3) is 0.304. The van der Waals surface area contributed by atoms with Crippen LogP contribution in [0.2, 0.25) is 0 Å². The van der Waals surface area contributed by atoms with E-state index in [1.54, 1.807) is 0 Å². The lowest BCUT2D eigenvalue weighted by Crippen LogP contribution is -3.13. The highest BCUT2D eigenvalue weighted by atomic mass is 32.1. The summed E-state index contributed by atoms with van der Waals surface area (Å²) in [6.07, 6.45) is 0. The van der Waals surface area contributed by atoms with Crippen molar-refractivity contribution in [2.45, 2.75) is 13.5 Å². The van der Waals surface area contributed by atoms with E-state index >= 15 is 0 Å². The monoisotopic (exact) mass is 438 g/mol. The van der Waals surface area contributed by atoms with Gasteiger partial charge in [0.15, 0.2) is 16.6 Å². The summed E-state index contributed by atoms with van der Waals surface area (Å²) >= 11 is 5.64. The Hall–Kier alpha value is -3.10. The van der Waals surface area contributed by atoms with Gasteiger partial charge in [0, 0.05) is 28.8 Å². The van der Waals surface area contributed by atoms with Crippen LogP contribution in [0.1, 0.15) is 11.1 Å². The average molecular weight is 439 g/mol. The first kappa shape index (κ1) is 19.8. The van der Waals surface area contributed by atoms with Crippen molar-refractivity contribution in [1.82, 2.24) is 4.90 Å². The van der Waals surface area contributed by atoms with E-state index in [1.807, 2.05) is 31.2 Å². The second kappa shape index (κ2) is 8.20. The molecule has 0 atom stereocenters. The molecule has 3 heterocycles. The Morgan fingerprint density at radius 1 is 1.10 bits per heavy atom. The fourth-order valence-corrected chi connectivity index (χ4v) is 4.45. The Balaban J connectivity index is 1.18. The average Bonchev–Trinajstić information content (AvgIpc) is 3.22. The molecule has 2 aromatic carbocycles. The van der Waals surface area contributed by atoms with Crippen LogP contribution in [-0.2, 0) is 6.54 Å². The van der Waals surface area contributed by atoms with Gasteiger partial charge < -0.3 is 29.0 Å². The Labute approximate surface area is 185 Å². The van der Waals surface area contributed by atoms with Gasteiger partial charge in [-0.3, -0.25) is 0 Å². The van der Waals surface area contributed by atoms with Gasteiger partial charge in [-0.25, -0.2) is 4.79 Å². The van der Waals surface area contributed by atoms with Crippen molar-refractivity contribution in [2.24, 2.45) is 0 Å². The number of hydrogen-bond donors (Lipinski definition) is 2. The Morgan fingerprint density at radius 3 is 2.74 bits per heavy atom. The van der Waals surface area contributed by atoms with Crippen LogP contribution in [0.25, 0.3) is 11.0 Å². The molecule has 2 N–H and O–H groups in total. The number of piperazine rings is 1. The number of hydrogen-bond acceptors (Lipinski definition) is 5. The zero-order valence-electron chi connectivity index (χ0n) is 17.3. The van der Waals surface area contributed by atoms with Crippen LogP contribution >= 0.6 is 12.2 Å². The van der Waals surface area contributed by atoms with Crippen molar-refractivity contribution in [3.05, 3.63) is 64.0 Å². The summed E-state index contributed by atoms with van der Waals surface area (Å²) in [4.78, 5) is 15.4. The van der Waals surface area contributed by atoms with Crippen LogP contribution in [0.15, 0.2) is 51.7 Å². The first-order chi connectivity index (χ1) is 15.0. The van der Waals surface area contributed by atoms with Crippen LogP contribution < -0.4 is 25.3 Å². The summed E-state index contributed by atoms with van der Waals surface area (Å²) in [7, 11) is 0. The summed E-state index contributed by atoms with van der Waals surface area (Å²) in [6.45, 7) is 6.93. The maximum absolute atomic E-state index is 11.7. The number of aryl methyl sites for hydroxylation is 1. The quantitative estimate of drug-likeness (QED) is 0.478. The van der Waals surface area contributed by atoms with Gasteiger partial charge in [-0.1, -0.05) is 0 Å². The van der Waals surface area contributed by atoms with Crippen molar-refractivity contribution < 1.29 is 18.8 Å². The number of nitrogens with one attached hydrogen (secondary N) is 2. The lowest BCUT2D eigenvalue weighted by atomic mass is 10.1. The number of benzene rings is 2. The molecule has 2 aliphatic rings. The third kappa shape index (κ3) is 4.22. The van der Waals surface area contributed by atoms with E-state index in [2.05, 4.69) is 22.3 Å². The number of nitrogens with zero attached hydrogens (tertiary/aromatic N) is 1. The lowest BCUT2D eigenvalue weighted by molar-refractivity contribution is -0.917. The first-order valence-electron chi connectivity index (χ1n) is 10.4. The molecule has 7 nitrogen and oxygen atoms in total. The SMILES string of the molecule is Cc1cc(=O)oc2cc(NC(=S)N3CC[NH+](Cc4ccc5c(c4)OCO5)CC3)ccc12. The van der Waals surface area contributed by atoms with Gasteiger partial charge in [0.2, 0.25) is 6.79 Å². The van der Waals surface area contributed by atoms with Crippen LogP contribution in [0.5, 0.6) is 11.5 Å². The zero-order valence-corrected chi connectivity index (χ0v) is 18.1. The highest BCUT2D eigenvalue weighted by molar-refractivity contribution is 7.80. The molecular weight excluding hydrogens is 414 g/mol. The molecule has 0 spiro atoms. The first-order valence-corrected chi connectivity index (χ1v) is 10.8. The molecule has 1 fully saturated rings. The minimum absolute atomic E-state index is 0.303. The van der Waals surface area contributed by atoms with E-state index in [1.165, 1.54) is 16.5 Å². The fourth-order valence-electron chi connectivity index (χ4n) is 4.15. The van der Waals surface area contributed by atoms with E-state index in [9.17, 15) is 4.79 Å². The number of ether oxygens (including phenoxy) is 2. The topological polar surface area (TPSA) is 68.4 Å². The van der Waals surface area contributed by atoms with Gasteiger partial charge in [-0.05, 0) is 55.0 Å². The van der Waals surface area contributed by atoms with Gasteiger partial charge in [0.05, 0.1) is 26.2 Å². The standard InChI is InChI=1S/C23H23N3O4S/c1-15-10-22(27)30-20-12-17(3-4-18(15)20)24-23(31)26-8-6-25(7-9-26)13-16-2-5-19-21(11-16)29-14-28-19/h2-5,10-12H,6-9,13-14H2,1H3,(H,24,31)/p+1. The highest BCUT2D eigenvalue weighted by Gasteiger charge is 2.23. The lowest BCUT2D eigenvalue weighted by Gasteiger charge is -2.34. The van der Waals surface area contributed by atoms with Crippen LogP contribution in [0, 0.1) is 6.92 Å². The Morgan fingerprint density at radius 2 is 1.90 bits per heavy atom. The van der Waals surface area contributed by atoms with Crippen LogP contribution in [-0.4, -0.2) is 43.0 Å². The molecule has 0 saturated carbocycles. The minimum Gasteiger partial charge on any atom is -0.454 e. The molecule has 1 saturated heterocycles. The van der Waals surface area contributed by atoms with Crippen molar-refractivity contribution in [2.75, 3.05) is 38.3 Å². The van der Waals surface area contributed by atoms with Gasteiger partial charge in [0.25, 0.3) is 0 Å². The third-order valence-corrected chi connectivity index (χ3v) is 6.21. The molecule has 0 amide bonds. The molecule has 31 heavy (non-hydrogen) atoms. The second-order valence-electron chi connectivity index (χ2n) is 7.99. The maximum Gasteiger partial charge on any atom is 0.336 e. The summed E-state index contributed by atoms with van der Waals surface area (Å²) < 4.78 is 16.2. The minimum atomic E-state index is -0.341. The molecular formula is C23H24N3O4S+. The predicted octanol–water partition coefficient (Wildman–Crippen LogP) is 1.93. The molecule has 0 unspecified atom stereocenters. The number of thiocarbonyl (C=S) groups is 1. The highest BCUT2D eigenvalue weighted by Crippen LogP contribution is 2.32. The number of quaternary nitrogens is 1. The van der Waals surface area contributed by atoms with E-state index in [4.69, 9.17) is 26.1 Å². The van der Waals surface area contributed by atoms with Crippen molar-refractivity contribution in [3.8, 4) is 11.5 Å². The number of fused-ring (bicyclic) bond motifs is 2. The van der Waals surface area contributed by atoms with Crippen molar-refractivity contribution in [1.29, 1.82) is 0 Å². The summed E-state index contributed by atoms with van der Waals surface area (Å²) in [5, 5.41) is 4.91. The molecule has 2 aliphatic heterocycles. The summed E-state index contributed by atoms with van der Waals surface area (Å²) in [5.41, 5.74) is 3.20. The molecule has 0 radical (unpaired) electrons. The van der Waals surface area contributed by atoms with Gasteiger partial charge in [-0.15, -0.1) is 0 Å². The van der Waals surface area contributed by atoms with Crippen molar-refractivity contribution in [3.63, 3.8) is 0 Å². The Kier molecular flexibility index (Phi) is 5.25. The molecule has 3 aromatic rings. The number of anilines is 1. The summed E-state index contributed by atoms with van der Waals surface area (Å²) in [5.74, 6) is 1.66. The van der Waals surface area contributed by atoms with E-state index in [0.29, 0.717) is 17.5 Å². The smallest absolute Gasteiger partial charge is 0.336 e. The third-order valence-electron chi connectivity index (χ3n) is 5.85. The van der Waals surface area contributed by atoms with Crippen LogP contribution in [0.3, 0.4) is 0 Å². The molecule has 1 aromatic heterocycles.